The standard InChI is InChI=1S/C21H20N4.ClH/c1-13-9-18-20(11-16(13)22)25(15-7-5-4-6-8-15)21-12-17(23-3)14(2)10-19(21)24-18;/h4-12H,1-3H3,(H2,22,23);1H. The van der Waals surface area contributed by atoms with E-state index in [2.05, 4.69) is 47.1 Å². The van der Waals surface area contributed by atoms with Crippen molar-refractivity contribution in [2.24, 2.45) is 0 Å². The fourth-order valence-corrected chi connectivity index (χ4v) is 3.30. The predicted molar refractivity (Wildman–Crippen MR) is 104 cm³/mol. The molecule has 0 spiro atoms. The molecule has 1 heterocycles. The Morgan fingerprint density at radius 1 is 0.885 bits per heavy atom. The van der Waals surface area contributed by atoms with Crippen LogP contribution in [0.2, 0.25) is 0 Å². The maximum atomic E-state index is 6.20. The number of fused-ring (bicyclic) bond motifs is 2. The van der Waals surface area contributed by atoms with Crippen LogP contribution in [0, 0.1) is 13.8 Å². The molecule has 5 heteroatoms. The number of nitrogen functional groups attached to an aromatic ring is 1. The van der Waals surface area contributed by atoms with E-state index < -0.39 is 0 Å². The van der Waals surface area contributed by atoms with Crippen molar-refractivity contribution >= 4 is 33.4 Å². The highest BCUT2D eigenvalue weighted by Gasteiger charge is 2.21. The summed E-state index contributed by atoms with van der Waals surface area (Å²) in [6.07, 6.45) is 0. The van der Waals surface area contributed by atoms with Crippen molar-refractivity contribution in [3.05, 3.63) is 65.7 Å². The van der Waals surface area contributed by atoms with Crippen LogP contribution in [0.1, 0.15) is 11.1 Å². The van der Waals surface area contributed by atoms with Crippen LogP contribution < -0.4 is 28.0 Å². The van der Waals surface area contributed by atoms with Gasteiger partial charge in [-0.05, 0) is 37.1 Å². The lowest BCUT2D eigenvalue weighted by molar-refractivity contribution is -0.538. The minimum absolute atomic E-state index is 0. The van der Waals surface area contributed by atoms with Crippen LogP contribution in [0.3, 0.4) is 0 Å². The van der Waals surface area contributed by atoms with Gasteiger partial charge in [0, 0.05) is 42.7 Å². The molecule has 0 radical (unpaired) electrons. The van der Waals surface area contributed by atoms with Crippen LogP contribution in [-0.2, 0) is 0 Å². The maximum Gasteiger partial charge on any atom is 0.239 e. The molecule has 26 heavy (non-hydrogen) atoms. The molecule has 1 aromatic heterocycles. The largest absolute Gasteiger partial charge is 1.00 e. The highest BCUT2D eigenvalue weighted by molar-refractivity contribution is 5.87. The monoisotopic (exact) mass is 364 g/mol. The summed E-state index contributed by atoms with van der Waals surface area (Å²) in [5.74, 6) is 0. The molecule has 0 aliphatic heterocycles. The van der Waals surface area contributed by atoms with Gasteiger partial charge >= 0.3 is 0 Å². The minimum Gasteiger partial charge on any atom is -1.00 e. The number of para-hydroxylation sites is 1. The van der Waals surface area contributed by atoms with Crippen molar-refractivity contribution in [2.75, 3.05) is 18.1 Å². The normalized spacial score (nSPS) is 10.7. The van der Waals surface area contributed by atoms with Gasteiger partial charge in [-0.25, -0.2) is 4.98 Å². The molecule has 3 aromatic carbocycles. The van der Waals surface area contributed by atoms with E-state index in [1.54, 1.807) is 0 Å². The number of aryl methyl sites for hydroxylation is 2. The van der Waals surface area contributed by atoms with Crippen molar-refractivity contribution < 1.29 is 17.0 Å². The second kappa shape index (κ2) is 6.81. The lowest BCUT2D eigenvalue weighted by atomic mass is 10.1. The van der Waals surface area contributed by atoms with Crippen molar-refractivity contribution in [1.82, 2.24) is 4.98 Å². The van der Waals surface area contributed by atoms with Crippen molar-refractivity contribution in [2.45, 2.75) is 13.8 Å². The Hall–Kier alpha value is -2.85. The quantitative estimate of drug-likeness (QED) is 0.316. The molecule has 0 aliphatic rings. The number of anilines is 2. The lowest BCUT2D eigenvalue weighted by Gasteiger charge is -2.10. The van der Waals surface area contributed by atoms with Crippen LogP contribution in [0.4, 0.5) is 11.4 Å². The smallest absolute Gasteiger partial charge is 0.239 e. The Kier molecular flexibility index (Phi) is 4.70. The average Bonchev–Trinajstić information content (AvgIpc) is 2.61. The molecule has 0 saturated heterocycles. The number of hydrogen-bond donors (Lipinski definition) is 2. The number of benzene rings is 3. The third kappa shape index (κ3) is 2.82. The number of nitrogens with two attached hydrogens (primary N) is 1. The van der Waals surface area contributed by atoms with Gasteiger partial charge in [-0.15, -0.1) is 4.57 Å². The Bertz CT molecular complexity index is 1110. The summed E-state index contributed by atoms with van der Waals surface area (Å²) < 4.78 is 2.23. The number of nitrogens with zero attached hydrogens (tertiary/aromatic N) is 2. The second-order valence-electron chi connectivity index (χ2n) is 6.39. The highest BCUT2D eigenvalue weighted by atomic mass is 35.5. The Morgan fingerprint density at radius 3 is 2.15 bits per heavy atom. The van der Waals surface area contributed by atoms with Crippen LogP contribution in [-0.4, -0.2) is 12.0 Å². The van der Waals surface area contributed by atoms with Crippen LogP contribution in [0.15, 0.2) is 54.6 Å². The zero-order chi connectivity index (χ0) is 17.6. The topological polar surface area (TPSA) is 54.8 Å². The number of halogens is 1. The van der Waals surface area contributed by atoms with Crippen LogP contribution in [0.5, 0.6) is 0 Å². The molecule has 4 aromatic rings. The summed E-state index contributed by atoms with van der Waals surface area (Å²) in [4.78, 5) is 4.90. The first-order valence-electron chi connectivity index (χ1n) is 8.38. The molecule has 3 N–H and O–H groups in total. The van der Waals surface area contributed by atoms with E-state index in [9.17, 15) is 0 Å². The van der Waals surface area contributed by atoms with Gasteiger partial charge in [0.25, 0.3) is 0 Å². The van der Waals surface area contributed by atoms with E-state index in [4.69, 9.17) is 10.7 Å². The summed E-state index contributed by atoms with van der Waals surface area (Å²) in [5, 5.41) is 3.27. The van der Waals surface area contributed by atoms with Gasteiger partial charge in [-0.1, -0.05) is 18.2 Å². The van der Waals surface area contributed by atoms with Gasteiger partial charge < -0.3 is 23.5 Å². The fourth-order valence-electron chi connectivity index (χ4n) is 3.30. The molecule has 0 atom stereocenters. The first-order chi connectivity index (χ1) is 12.1. The molecule has 132 valence electrons. The third-order valence-electron chi connectivity index (χ3n) is 4.69. The molecule has 4 nitrogen and oxygen atoms in total. The molecule has 0 fully saturated rings. The first kappa shape index (κ1) is 18.0. The molecule has 0 aliphatic carbocycles. The van der Waals surface area contributed by atoms with Crippen molar-refractivity contribution in [3.8, 4) is 5.69 Å². The summed E-state index contributed by atoms with van der Waals surface area (Å²) >= 11 is 0. The van der Waals surface area contributed by atoms with Gasteiger partial charge in [-0.2, -0.15) is 0 Å². The average molecular weight is 365 g/mol. The zero-order valence-corrected chi connectivity index (χ0v) is 15.8. The Balaban J connectivity index is 0.00000196. The molecule has 4 rings (SSSR count). The van der Waals surface area contributed by atoms with E-state index in [0.717, 1.165) is 44.7 Å². The van der Waals surface area contributed by atoms with E-state index in [1.165, 1.54) is 5.56 Å². The Labute approximate surface area is 159 Å². The number of nitrogens with one attached hydrogen (secondary N) is 1. The SMILES string of the molecule is CNc1cc2c(cc1C)nc1cc(C)c(N)cc1[n+]2-c1ccccc1.[Cl-]. The van der Waals surface area contributed by atoms with E-state index in [1.807, 2.05) is 38.2 Å². The molecule has 0 amide bonds. The maximum absolute atomic E-state index is 6.20. The number of rotatable bonds is 2. The lowest BCUT2D eigenvalue weighted by Crippen LogP contribution is -3.00. The summed E-state index contributed by atoms with van der Waals surface area (Å²) in [5.41, 5.74) is 15.4. The molecule has 0 bridgehead atoms. The summed E-state index contributed by atoms with van der Waals surface area (Å²) in [6.45, 7) is 4.11. The molecular formula is C21H21ClN4. The zero-order valence-electron chi connectivity index (χ0n) is 15.0. The van der Waals surface area contributed by atoms with Crippen LogP contribution in [0.25, 0.3) is 27.8 Å². The van der Waals surface area contributed by atoms with Gasteiger partial charge in [-0.3, -0.25) is 0 Å². The number of aromatic nitrogens is 2. The van der Waals surface area contributed by atoms with E-state index in [0.29, 0.717) is 0 Å². The first-order valence-corrected chi connectivity index (χ1v) is 8.38. The van der Waals surface area contributed by atoms with Crippen molar-refractivity contribution in [3.63, 3.8) is 0 Å². The van der Waals surface area contributed by atoms with E-state index in [-0.39, 0.29) is 12.4 Å². The van der Waals surface area contributed by atoms with E-state index >= 15 is 0 Å². The third-order valence-corrected chi connectivity index (χ3v) is 4.69. The van der Waals surface area contributed by atoms with Crippen LogP contribution >= 0.6 is 0 Å². The molecule has 0 saturated carbocycles. The second-order valence-corrected chi connectivity index (χ2v) is 6.39. The van der Waals surface area contributed by atoms with Gasteiger partial charge in [0.15, 0.2) is 0 Å². The molecular weight excluding hydrogens is 344 g/mol. The minimum atomic E-state index is 0. The molecule has 0 unspecified atom stereocenters. The van der Waals surface area contributed by atoms with Gasteiger partial charge in [0.1, 0.15) is 11.0 Å². The highest BCUT2D eigenvalue weighted by Crippen LogP contribution is 2.25. The number of hydrogen-bond acceptors (Lipinski definition) is 3. The summed E-state index contributed by atoms with van der Waals surface area (Å²) in [6, 6.07) is 18.7. The Morgan fingerprint density at radius 2 is 1.50 bits per heavy atom. The van der Waals surface area contributed by atoms with Gasteiger partial charge in [0.05, 0.1) is 0 Å². The fraction of sp³-hybridized carbons (Fsp3) is 0.143. The predicted octanol–water partition coefficient (Wildman–Crippen LogP) is 0.909. The van der Waals surface area contributed by atoms with Crippen molar-refractivity contribution in [1.29, 1.82) is 0 Å². The van der Waals surface area contributed by atoms with Gasteiger partial charge in [0.2, 0.25) is 16.7 Å². The summed E-state index contributed by atoms with van der Waals surface area (Å²) in [7, 11) is 1.94.